The van der Waals surface area contributed by atoms with E-state index in [0.29, 0.717) is 27.7 Å². The van der Waals surface area contributed by atoms with Crippen molar-refractivity contribution in [1.29, 1.82) is 0 Å². The number of alkyl halides is 2. The molecule has 2 fully saturated rings. The van der Waals surface area contributed by atoms with Gasteiger partial charge in [0.05, 0.1) is 30.6 Å². The number of carbonyl (C=O) groups excluding carboxylic acids is 1. The molecule has 41 heavy (non-hydrogen) atoms. The molecule has 1 unspecified atom stereocenters. The van der Waals surface area contributed by atoms with Crippen LogP contribution in [-0.2, 0) is 14.3 Å². The standard InChI is InChI=1S/C28H32F3N5O4S/c1-4-40-27(39)22-20(12-36-14-28(30,31)18-11-35(13-21(18)36)10-15(2)26(37)38)33-24(25-32-8-9-41-25)34-23(22)17-6-5-7-19(29)16(17)3/h5-9,15,18,21,23H,4,10-14H2,1-3H3,(H,33,34)(H,37,38)/t15?,18-,21+,23+/m1/s1. The van der Waals surface area contributed by atoms with Crippen molar-refractivity contribution in [3.05, 3.63) is 63.0 Å². The highest BCUT2D eigenvalue weighted by Crippen LogP contribution is 2.43. The highest BCUT2D eigenvalue weighted by atomic mass is 32.1. The average Bonchev–Trinajstić information content (AvgIpc) is 3.64. The lowest BCUT2D eigenvalue weighted by atomic mass is 9.92. The van der Waals surface area contributed by atoms with E-state index >= 15 is 8.78 Å². The first kappa shape index (κ1) is 29.2. The van der Waals surface area contributed by atoms with Crippen LogP contribution in [0, 0.1) is 24.6 Å². The number of amidine groups is 1. The predicted molar refractivity (Wildman–Crippen MR) is 146 cm³/mol. The Labute approximate surface area is 239 Å². The minimum absolute atomic E-state index is 0.0392. The molecule has 2 saturated heterocycles. The Balaban J connectivity index is 1.54. The largest absolute Gasteiger partial charge is 0.481 e. The van der Waals surface area contributed by atoms with E-state index in [1.54, 1.807) is 48.2 Å². The highest BCUT2D eigenvalue weighted by molar-refractivity contribution is 7.11. The fourth-order valence-electron chi connectivity index (χ4n) is 5.91. The van der Waals surface area contributed by atoms with Gasteiger partial charge in [0.25, 0.3) is 5.92 Å². The van der Waals surface area contributed by atoms with Gasteiger partial charge < -0.3 is 20.1 Å². The highest BCUT2D eigenvalue weighted by Gasteiger charge is 2.58. The zero-order chi connectivity index (χ0) is 29.5. The first-order chi connectivity index (χ1) is 19.5. The second-order valence-electron chi connectivity index (χ2n) is 10.7. The number of hydrogen-bond donors (Lipinski definition) is 2. The number of benzene rings is 1. The van der Waals surface area contributed by atoms with E-state index in [9.17, 15) is 19.1 Å². The van der Waals surface area contributed by atoms with Crippen molar-refractivity contribution in [3.8, 4) is 0 Å². The topological polar surface area (TPSA) is 107 Å². The minimum Gasteiger partial charge on any atom is -0.481 e. The first-order valence-electron chi connectivity index (χ1n) is 13.5. The number of esters is 1. The average molecular weight is 592 g/mol. The fourth-order valence-corrected chi connectivity index (χ4v) is 6.50. The molecule has 220 valence electrons. The van der Waals surface area contributed by atoms with E-state index in [1.807, 2.05) is 0 Å². The summed E-state index contributed by atoms with van der Waals surface area (Å²) in [6, 6.07) is 3.05. The number of carboxylic acids is 1. The third-order valence-corrected chi connectivity index (χ3v) is 8.75. The summed E-state index contributed by atoms with van der Waals surface area (Å²) >= 11 is 1.32. The van der Waals surface area contributed by atoms with E-state index in [4.69, 9.17) is 9.73 Å². The number of thiazole rings is 1. The molecule has 3 aliphatic rings. The lowest BCUT2D eigenvalue weighted by molar-refractivity contribution is -0.142. The van der Waals surface area contributed by atoms with Gasteiger partial charge in [0.1, 0.15) is 11.9 Å². The Morgan fingerprint density at radius 3 is 2.78 bits per heavy atom. The first-order valence-corrected chi connectivity index (χ1v) is 14.3. The van der Waals surface area contributed by atoms with Crippen molar-refractivity contribution in [3.63, 3.8) is 0 Å². The number of fused-ring (bicyclic) bond motifs is 1. The number of aliphatic carboxylic acids is 1. The Morgan fingerprint density at radius 1 is 1.32 bits per heavy atom. The van der Waals surface area contributed by atoms with Gasteiger partial charge in [-0.3, -0.25) is 14.7 Å². The van der Waals surface area contributed by atoms with E-state index in [0.717, 1.165) is 0 Å². The summed E-state index contributed by atoms with van der Waals surface area (Å²) in [5.41, 5.74) is 1.24. The quantitative estimate of drug-likeness (QED) is 0.427. The Hall–Kier alpha value is -3.29. The van der Waals surface area contributed by atoms with Gasteiger partial charge in [0, 0.05) is 49.5 Å². The van der Waals surface area contributed by atoms with Crippen LogP contribution in [0.3, 0.4) is 0 Å². The molecule has 1 aromatic carbocycles. The van der Waals surface area contributed by atoms with Gasteiger partial charge >= 0.3 is 11.9 Å². The smallest absolute Gasteiger partial charge is 0.338 e. The van der Waals surface area contributed by atoms with Crippen LogP contribution >= 0.6 is 11.3 Å². The van der Waals surface area contributed by atoms with Gasteiger partial charge in [-0.05, 0) is 31.0 Å². The van der Waals surface area contributed by atoms with Gasteiger partial charge in [-0.15, -0.1) is 11.3 Å². The van der Waals surface area contributed by atoms with Crippen LogP contribution in [0.25, 0.3) is 0 Å². The number of carboxylic acid groups (broad SMARTS) is 1. The predicted octanol–water partition coefficient (Wildman–Crippen LogP) is 3.47. The molecule has 0 aliphatic carbocycles. The summed E-state index contributed by atoms with van der Waals surface area (Å²) in [6.45, 7) is 4.88. The summed E-state index contributed by atoms with van der Waals surface area (Å²) in [7, 11) is 0. The third kappa shape index (κ3) is 5.75. The lowest BCUT2D eigenvalue weighted by Gasteiger charge is -2.32. The number of ether oxygens (including phenoxy) is 1. The summed E-state index contributed by atoms with van der Waals surface area (Å²) in [5.74, 6) is -6.43. The van der Waals surface area contributed by atoms with Crippen LogP contribution in [0.1, 0.15) is 36.0 Å². The van der Waals surface area contributed by atoms with E-state index in [2.05, 4.69) is 10.3 Å². The fraction of sp³-hybridized carbons (Fsp3) is 0.500. The van der Waals surface area contributed by atoms with Crippen molar-refractivity contribution in [2.24, 2.45) is 16.8 Å². The number of nitrogens with zero attached hydrogens (tertiary/aromatic N) is 4. The van der Waals surface area contributed by atoms with Crippen molar-refractivity contribution >= 4 is 29.1 Å². The molecule has 2 aromatic rings. The summed E-state index contributed by atoms with van der Waals surface area (Å²) in [5, 5.41) is 14.8. The zero-order valence-electron chi connectivity index (χ0n) is 22.9. The molecule has 0 spiro atoms. The monoisotopic (exact) mass is 591 g/mol. The molecule has 13 heteroatoms. The number of hydrogen-bond acceptors (Lipinski definition) is 9. The van der Waals surface area contributed by atoms with Crippen LogP contribution in [0.2, 0.25) is 0 Å². The number of nitrogens with one attached hydrogen (secondary N) is 1. The maximum absolute atomic E-state index is 15.3. The summed E-state index contributed by atoms with van der Waals surface area (Å²) in [6.07, 6.45) is 1.60. The number of halogens is 3. The van der Waals surface area contributed by atoms with Crippen LogP contribution in [0.4, 0.5) is 13.2 Å². The second kappa shape index (κ2) is 11.5. The number of aliphatic imine (C=N–C) groups is 1. The van der Waals surface area contributed by atoms with E-state index in [-0.39, 0.29) is 38.4 Å². The number of aromatic nitrogens is 1. The number of rotatable bonds is 9. The van der Waals surface area contributed by atoms with Gasteiger partial charge in [0.15, 0.2) is 10.8 Å². The number of carbonyl (C=O) groups is 2. The Bertz CT molecular complexity index is 1380. The molecule has 2 N–H and O–H groups in total. The van der Waals surface area contributed by atoms with Crippen LogP contribution in [0.15, 0.2) is 46.0 Å². The molecule has 4 heterocycles. The SMILES string of the molecule is CCOC(=O)C1=C(CN2CC(F)(F)[C@@H]3CN(CC(C)C(=O)O)C[C@@H]32)NC(c2nccs2)=N[C@H]1c1cccc(F)c1C. The molecule has 1 aromatic heterocycles. The summed E-state index contributed by atoms with van der Waals surface area (Å²) < 4.78 is 50.7. The Morgan fingerprint density at radius 2 is 2.10 bits per heavy atom. The molecular weight excluding hydrogens is 559 g/mol. The molecule has 0 amide bonds. The van der Waals surface area contributed by atoms with Gasteiger partial charge in [-0.2, -0.15) is 0 Å². The van der Waals surface area contributed by atoms with Crippen LogP contribution in [0.5, 0.6) is 0 Å². The van der Waals surface area contributed by atoms with Gasteiger partial charge in [0.2, 0.25) is 0 Å². The maximum atomic E-state index is 15.3. The molecule has 0 radical (unpaired) electrons. The number of likely N-dealkylation sites (tertiary alicyclic amines) is 2. The normalized spacial score (nSPS) is 25.0. The molecular formula is C28H32F3N5O4S. The third-order valence-electron chi connectivity index (χ3n) is 7.97. The van der Waals surface area contributed by atoms with E-state index < -0.39 is 54.1 Å². The Kier molecular flexibility index (Phi) is 8.22. The molecule has 9 nitrogen and oxygen atoms in total. The lowest BCUT2D eigenvalue weighted by Crippen LogP contribution is -2.43. The molecule has 5 rings (SSSR count). The van der Waals surface area contributed by atoms with Crippen molar-refractivity contribution < 1.29 is 32.6 Å². The van der Waals surface area contributed by atoms with Gasteiger partial charge in [-0.25, -0.2) is 22.9 Å². The van der Waals surface area contributed by atoms with Crippen molar-refractivity contribution in [2.75, 3.05) is 39.3 Å². The summed E-state index contributed by atoms with van der Waals surface area (Å²) in [4.78, 5) is 37.3. The minimum atomic E-state index is -3.00. The van der Waals surface area contributed by atoms with Gasteiger partial charge in [-0.1, -0.05) is 19.1 Å². The van der Waals surface area contributed by atoms with Crippen molar-refractivity contribution in [2.45, 2.75) is 38.8 Å². The van der Waals surface area contributed by atoms with Crippen molar-refractivity contribution in [1.82, 2.24) is 20.1 Å². The molecule has 4 atom stereocenters. The zero-order valence-corrected chi connectivity index (χ0v) is 23.8. The maximum Gasteiger partial charge on any atom is 0.338 e. The molecule has 3 aliphatic heterocycles. The molecule has 0 bridgehead atoms. The van der Waals surface area contributed by atoms with E-state index in [1.165, 1.54) is 23.5 Å². The molecule has 0 saturated carbocycles. The van der Waals surface area contributed by atoms with Crippen LogP contribution < -0.4 is 5.32 Å². The second-order valence-corrected chi connectivity index (χ2v) is 11.6. The van der Waals surface area contributed by atoms with Crippen LogP contribution in [-0.4, -0.2) is 89.0 Å².